The summed E-state index contributed by atoms with van der Waals surface area (Å²) in [6.45, 7) is 5.57. The Balaban J connectivity index is 1.14. The van der Waals surface area contributed by atoms with Gasteiger partial charge in [0.05, 0.1) is 5.52 Å². The molecule has 0 atom stereocenters. The van der Waals surface area contributed by atoms with Crippen LogP contribution in [-0.4, -0.2) is 46.0 Å². The van der Waals surface area contributed by atoms with Crippen molar-refractivity contribution in [2.24, 2.45) is 5.41 Å². The quantitative estimate of drug-likeness (QED) is 0.516. The Morgan fingerprint density at radius 2 is 1.77 bits per heavy atom. The minimum atomic E-state index is 0.442. The zero-order chi connectivity index (χ0) is 20.7. The number of aromatic amines is 1. The van der Waals surface area contributed by atoms with Crippen molar-refractivity contribution >= 4 is 27.8 Å². The number of rotatable bonds is 3. The highest BCUT2D eigenvalue weighted by Crippen LogP contribution is 2.41. The SMILES string of the molecule is c1ccc2nc(N3CCC4(CCCN(Cc5c[nH]c6ccccc56)C4)CC3)ncc2c1. The second-order valence-corrected chi connectivity index (χ2v) is 9.39. The summed E-state index contributed by atoms with van der Waals surface area (Å²) in [4.78, 5) is 18.0. The summed E-state index contributed by atoms with van der Waals surface area (Å²) in [7, 11) is 0. The van der Waals surface area contributed by atoms with Crippen LogP contribution in [0.5, 0.6) is 0 Å². The van der Waals surface area contributed by atoms with Gasteiger partial charge in [-0.25, -0.2) is 9.97 Å². The Labute approximate surface area is 183 Å². The third-order valence-electron chi connectivity index (χ3n) is 7.39. The van der Waals surface area contributed by atoms with Crippen molar-refractivity contribution < 1.29 is 0 Å². The molecule has 0 radical (unpaired) electrons. The lowest BCUT2D eigenvalue weighted by molar-refractivity contribution is 0.0606. The van der Waals surface area contributed by atoms with Gasteiger partial charge in [-0.15, -0.1) is 0 Å². The van der Waals surface area contributed by atoms with Crippen molar-refractivity contribution in [3.05, 3.63) is 66.5 Å². The first kappa shape index (κ1) is 18.8. The maximum atomic E-state index is 4.83. The first-order valence-electron chi connectivity index (χ1n) is 11.5. The predicted octanol–water partition coefficient (Wildman–Crippen LogP) is 4.99. The van der Waals surface area contributed by atoms with E-state index in [2.05, 4.69) is 68.4 Å². The Hall–Kier alpha value is -2.92. The van der Waals surface area contributed by atoms with Crippen molar-refractivity contribution in [2.45, 2.75) is 32.2 Å². The summed E-state index contributed by atoms with van der Waals surface area (Å²) >= 11 is 0. The van der Waals surface area contributed by atoms with Crippen LogP contribution in [-0.2, 0) is 6.54 Å². The van der Waals surface area contributed by atoms with Gasteiger partial charge < -0.3 is 9.88 Å². The number of hydrogen-bond acceptors (Lipinski definition) is 4. The highest BCUT2D eigenvalue weighted by Gasteiger charge is 2.38. The van der Waals surface area contributed by atoms with E-state index in [1.807, 2.05) is 12.3 Å². The molecule has 6 rings (SSSR count). The van der Waals surface area contributed by atoms with Crippen molar-refractivity contribution in [1.29, 1.82) is 0 Å². The molecular weight excluding hydrogens is 382 g/mol. The van der Waals surface area contributed by atoms with Gasteiger partial charge in [-0.1, -0.05) is 36.4 Å². The number of likely N-dealkylation sites (tertiary alicyclic amines) is 1. The zero-order valence-electron chi connectivity index (χ0n) is 17.9. The van der Waals surface area contributed by atoms with Crippen LogP contribution in [0.15, 0.2) is 60.9 Å². The molecule has 2 aromatic heterocycles. The highest BCUT2D eigenvalue weighted by molar-refractivity contribution is 5.83. The van der Waals surface area contributed by atoms with Crippen LogP contribution < -0.4 is 4.90 Å². The molecule has 0 aliphatic carbocycles. The van der Waals surface area contributed by atoms with E-state index in [0.29, 0.717) is 5.41 Å². The van der Waals surface area contributed by atoms with Crippen LogP contribution in [0.1, 0.15) is 31.2 Å². The maximum Gasteiger partial charge on any atom is 0.225 e. The number of fused-ring (bicyclic) bond motifs is 2. The molecule has 2 aliphatic rings. The molecule has 0 amide bonds. The van der Waals surface area contributed by atoms with Crippen LogP contribution in [0.2, 0.25) is 0 Å². The summed E-state index contributed by atoms with van der Waals surface area (Å²) in [6, 6.07) is 16.9. The van der Waals surface area contributed by atoms with E-state index in [1.165, 1.54) is 55.2 Å². The van der Waals surface area contributed by atoms with Gasteiger partial charge in [-0.3, -0.25) is 4.90 Å². The third-order valence-corrected chi connectivity index (χ3v) is 7.39. The highest BCUT2D eigenvalue weighted by atomic mass is 15.3. The Kier molecular flexibility index (Phi) is 4.64. The lowest BCUT2D eigenvalue weighted by Gasteiger charge is -2.47. The van der Waals surface area contributed by atoms with E-state index in [9.17, 15) is 0 Å². The maximum absolute atomic E-state index is 4.83. The van der Waals surface area contributed by atoms with Gasteiger partial charge >= 0.3 is 0 Å². The Bertz CT molecular complexity index is 1200. The number of nitrogens with one attached hydrogen (secondary N) is 1. The van der Waals surface area contributed by atoms with Crippen molar-refractivity contribution in [2.75, 3.05) is 31.1 Å². The summed E-state index contributed by atoms with van der Waals surface area (Å²) < 4.78 is 0. The summed E-state index contributed by atoms with van der Waals surface area (Å²) in [5.41, 5.74) is 4.15. The molecule has 2 aromatic carbocycles. The summed E-state index contributed by atoms with van der Waals surface area (Å²) in [5.74, 6) is 0.889. The van der Waals surface area contributed by atoms with Gasteiger partial charge in [-0.05, 0) is 55.3 Å². The van der Waals surface area contributed by atoms with E-state index in [1.54, 1.807) is 0 Å². The molecule has 31 heavy (non-hydrogen) atoms. The van der Waals surface area contributed by atoms with E-state index in [-0.39, 0.29) is 0 Å². The number of hydrogen-bond donors (Lipinski definition) is 1. The molecule has 2 fully saturated rings. The number of aromatic nitrogens is 3. The average Bonchev–Trinajstić information content (AvgIpc) is 3.22. The normalized spacial score (nSPS) is 19.4. The molecule has 0 unspecified atom stereocenters. The molecule has 158 valence electrons. The van der Waals surface area contributed by atoms with Crippen molar-refractivity contribution in [3.63, 3.8) is 0 Å². The van der Waals surface area contributed by atoms with E-state index in [4.69, 9.17) is 4.98 Å². The molecule has 5 nitrogen and oxygen atoms in total. The molecule has 4 heterocycles. The molecule has 0 saturated carbocycles. The number of H-pyrrole nitrogens is 1. The van der Waals surface area contributed by atoms with Crippen LogP contribution in [0.25, 0.3) is 21.8 Å². The van der Waals surface area contributed by atoms with E-state index >= 15 is 0 Å². The lowest BCUT2D eigenvalue weighted by atomic mass is 9.72. The van der Waals surface area contributed by atoms with Gasteiger partial charge in [0.15, 0.2) is 0 Å². The first-order chi connectivity index (χ1) is 15.3. The molecular formula is C26H29N5. The second kappa shape index (κ2) is 7.65. The van der Waals surface area contributed by atoms with Gasteiger partial charge in [0, 0.05) is 54.9 Å². The fourth-order valence-electron chi connectivity index (χ4n) is 5.65. The smallest absolute Gasteiger partial charge is 0.225 e. The van der Waals surface area contributed by atoms with Crippen LogP contribution in [0.4, 0.5) is 5.95 Å². The van der Waals surface area contributed by atoms with Gasteiger partial charge in [0.2, 0.25) is 5.95 Å². The zero-order valence-corrected chi connectivity index (χ0v) is 17.9. The Morgan fingerprint density at radius 3 is 2.71 bits per heavy atom. The minimum absolute atomic E-state index is 0.442. The monoisotopic (exact) mass is 411 g/mol. The number of piperidine rings is 2. The topological polar surface area (TPSA) is 48.1 Å². The molecule has 0 bridgehead atoms. The number of benzene rings is 2. The van der Waals surface area contributed by atoms with Gasteiger partial charge in [0.25, 0.3) is 0 Å². The summed E-state index contributed by atoms with van der Waals surface area (Å²) in [6.07, 6.45) is 9.27. The second-order valence-electron chi connectivity index (χ2n) is 9.39. The standard InChI is InChI=1S/C26H29N5/c1-3-8-23-20(6-1)16-28-25(29-23)31-14-11-26(12-15-31)10-5-13-30(19-26)18-21-17-27-24-9-4-2-7-22(21)24/h1-4,6-9,16-17,27H,5,10-15,18-19H2. The lowest BCUT2D eigenvalue weighted by Crippen LogP contribution is -2.49. The third kappa shape index (κ3) is 3.57. The largest absolute Gasteiger partial charge is 0.361 e. The number of anilines is 1. The van der Waals surface area contributed by atoms with Crippen LogP contribution >= 0.6 is 0 Å². The van der Waals surface area contributed by atoms with Gasteiger partial charge in [-0.2, -0.15) is 0 Å². The first-order valence-corrected chi connectivity index (χ1v) is 11.5. The number of para-hydroxylation sites is 2. The van der Waals surface area contributed by atoms with Crippen molar-refractivity contribution in [3.8, 4) is 0 Å². The van der Waals surface area contributed by atoms with E-state index < -0.39 is 0 Å². The molecule has 5 heteroatoms. The van der Waals surface area contributed by atoms with E-state index in [0.717, 1.165) is 36.5 Å². The van der Waals surface area contributed by atoms with Crippen molar-refractivity contribution in [1.82, 2.24) is 19.9 Å². The minimum Gasteiger partial charge on any atom is -0.361 e. The molecule has 1 spiro atoms. The molecule has 2 saturated heterocycles. The van der Waals surface area contributed by atoms with Crippen LogP contribution in [0, 0.1) is 5.41 Å². The van der Waals surface area contributed by atoms with Gasteiger partial charge in [0.1, 0.15) is 0 Å². The molecule has 2 aliphatic heterocycles. The fourth-order valence-corrected chi connectivity index (χ4v) is 5.65. The summed E-state index contributed by atoms with van der Waals surface area (Å²) in [5, 5.41) is 2.48. The molecule has 1 N–H and O–H groups in total. The average molecular weight is 412 g/mol. The molecule has 4 aromatic rings. The number of nitrogens with zero attached hydrogens (tertiary/aromatic N) is 4. The Morgan fingerprint density at radius 1 is 0.935 bits per heavy atom. The fraction of sp³-hybridized carbons (Fsp3) is 0.385. The van der Waals surface area contributed by atoms with Crippen LogP contribution in [0.3, 0.4) is 0 Å². The predicted molar refractivity (Wildman–Crippen MR) is 126 cm³/mol.